The molecule has 1 aromatic rings. The van der Waals surface area contributed by atoms with E-state index in [1.807, 2.05) is 31.2 Å². The molecule has 1 aromatic carbocycles. The van der Waals surface area contributed by atoms with Crippen LogP contribution in [0.15, 0.2) is 24.3 Å². The van der Waals surface area contributed by atoms with Crippen LogP contribution in [0.3, 0.4) is 0 Å². The van der Waals surface area contributed by atoms with Crippen molar-refractivity contribution in [2.45, 2.75) is 6.92 Å². The molecule has 0 fully saturated rings. The van der Waals surface area contributed by atoms with Gasteiger partial charge in [0.25, 0.3) is 0 Å². The quantitative estimate of drug-likeness (QED) is 0.537. The van der Waals surface area contributed by atoms with Gasteiger partial charge in [0.05, 0.1) is 5.69 Å². The van der Waals surface area contributed by atoms with Crippen molar-refractivity contribution < 1.29 is 10.3 Å². The summed E-state index contributed by atoms with van der Waals surface area (Å²) < 4.78 is 0. The van der Waals surface area contributed by atoms with E-state index in [9.17, 15) is 0 Å². The van der Waals surface area contributed by atoms with Gasteiger partial charge >= 0.3 is 0 Å². The van der Waals surface area contributed by atoms with Crippen LogP contribution in [0, 0.1) is 6.92 Å². The Labute approximate surface area is 66.3 Å². The van der Waals surface area contributed by atoms with Crippen molar-refractivity contribution in [3.05, 3.63) is 29.8 Å². The van der Waals surface area contributed by atoms with Crippen molar-refractivity contribution in [1.82, 2.24) is 0 Å². The lowest BCUT2D eigenvalue weighted by atomic mass is 10.2. The molecule has 0 bridgehead atoms. The Balaban J connectivity index is 0.000000461. The van der Waals surface area contributed by atoms with Crippen LogP contribution in [-0.4, -0.2) is 17.4 Å². The minimum absolute atomic E-state index is 0.762. The number of aliphatic hydroxyl groups is 1. The standard InChI is InChI=1S/C7H9NO.CH4O/c1-6-4-2-3-5-7(6)8-9;1-2/h2-5,8-9H,1H3;2H,1H3. The van der Waals surface area contributed by atoms with E-state index in [4.69, 9.17) is 10.3 Å². The fourth-order valence-corrected chi connectivity index (χ4v) is 0.698. The van der Waals surface area contributed by atoms with Crippen LogP contribution in [-0.2, 0) is 0 Å². The van der Waals surface area contributed by atoms with Crippen molar-refractivity contribution in [1.29, 1.82) is 0 Å². The SMILES string of the molecule is CO.Cc1ccccc1NO. The average molecular weight is 155 g/mol. The second kappa shape index (κ2) is 5.70. The number of hydrogen-bond donors (Lipinski definition) is 3. The highest BCUT2D eigenvalue weighted by atomic mass is 16.5. The molecule has 0 spiro atoms. The smallest absolute Gasteiger partial charge is 0.0631 e. The number of anilines is 1. The Morgan fingerprint density at radius 1 is 1.18 bits per heavy atom. The van der Waals surface area contributed by atoms with E-state index < -0.39 is 0 Å². The van der Waals surface area contributed by atoms with Crippen molar-refractivity contribution in [3.63, 3.8) is 0 Å². The Morgan fingerprint density at radius 3 is 2.09 bits per heavy atom. The Bertz CT molecular complexity index is 201. The predicted molar refractivity (Wildman–Crippen MR) is 44.7 cm³/mol. The molecule has 0 atom stereocenters. The molecular weight excluding hydrogens is 142 g/mol. The van der Waals surface area contributed by atoms with Crippen LogP contribution in [0.5, 0.6) is 0 Å². The van der Waals surface area contributed by atoms with E-state index >= 15 is 0 Å². The fourth-order valence-electron chi connectivity index (χ4n) is 0.698. The molecule has 0 radical (unpaired) electrons. The summed E-state index contributed by atoms with van der Waals surface area (Å²) >= 11 is 0. The first-order valence-electron chi connectivity index (χ1n) is 3.25. The van der Waals surface area contributed by atoms with Crippen LogP contribution >= 0.6 is 0 Å². The summed E-state index contributed by atoms with van der Waals surface area (Å²) in [6.07, 6.45) is 0. The van der Waals surface area contributed by atoms with Crippen LogP contribution in [0.1, 0.15) is 5.56 Å². The molecule has 0 saturated heterocycles. The molecule has 11 heavy (non-hydrogen) atoms. The summed E-state index contributed by atoms with van der Waals surface area (Å²) in [6.45, 7) is 1.93. The zero-order valence-corrected chi connectivity index (χ0v) is 6.70. The minimum Gasteiger partial charge on any atom is -0.400 e. The normalized spacial score (nSPS) is 8.00. The third-order valence-electron chi connectivity index (χ3n) is 1.27. The van der Waals surface area contributed by atoms with Gasteiger partial charge in [-0.1, -0.05) is 18.2 Å². The molecule has 0 heterocycles. The summed E-state index contributed by atoms with van der Waals surface area (Å²) in [6, 6.07) is 7.54. The predicted octanol–water partition coefficient (Wildman–Crippen LogP) is 1.40. The molecule has 0 amide bonds. The number of aryl methyl sites for hydroxylation is 1. The van der Waals surface area contributed by atoms with Gasteiger partial charge in [0.1, 0.15) is 0 Å². The van der Waals surface area contributed by atoms with Crippen molar-refractivity contribution >= 4 is 5.69 Å². The molecule has 0 aliphatic carbocycles. The molecule has 3 N–H and O–H groups in total. The summed E-state index contributed by atoms with van der Waals surface area (Å²) in [5.74, 6) is 0. The Morgan fingerprint density at radius 2 is 1.73 bits per heavy atom. The maximum Gasteiger partial charge on any atom is 0.0631 e. The first-order valence-corrected chi connectivity index (χ1v) is 3.25. The first-order chi connectivity index (χ1) is 5.34. The van der Waals surface area contributed by atoms with Crippen molar-refractivity contribution in [2.24, 2.45) is 0 Å². The second-order valence-corrected chi connectivity index (χ2v) is 1.93. The van der Waals surface area contributed by atoms with Gasteiger partial charge in [-0.15, -0.1) is 0 Å². The Hall–Kier alpha value is -1.06. The van der Waals surface area contributed by atoms with Gasteiger partial charge in [-0.3, -0.25) is 10.7 Å². The number of nitrogens with one attached hydrogen (secondary N) is 1. The molecule has 3 nitrogen and oxygen atoms in total. The van der Waals surface area contributed by atoms with Gasteiger partial charge in [0, 0.05) is 7.11 Å². The van der Waals surface area contributed by atoms with Crippen LogP contribution in [0.2, 0.25) is 0 Å². The molecule has 0 unspecified atom stereocenters. The summed E-state index contributed by atoms with van der Waals surface area (Å²) in [4.78, 5) is 0. The van der Waals surface area contributed by atoms with Gasteiger partial charge in [-0.05, 0) is 18.6 Å². The lowest BCUT2D eigenvalue weighted by Crippen LogP contribution is -1.90. The van der Waals surface area contributed by atoms with Crippen molar-refractivity contribution in [3.8, 4) is 0 Å². The second-order valence-electron chi connectivity index (χ2n) is 1.93. The molecule has 0 saturated carbocycles. The highest BCUT2D eigenvalue weighted by Crippen LogP contribution is 2.10. The number of benzene rings is 1. The summed E-state index contributed by atoms with van der Waals surface area (Å²) in [5, 5.41) is 15.5. The monoisotopic (exact) mass is 155 g/mol. The van der Waals surface area contributed by atoms with E-state index in [1.165, 1.54) is 0 Å². The molecule has 62 valence electrons. The third kappa shape index (κ3) is 3.02. The average Bonchev–Trinajstić information content (AvgIpc) is 2.09. The van der Waals surface area contributed by atoms with E-state index in [0.717, 1.165) is 18.4 Å². The fraction of sp³-hybridized carbons (Fsp3) is 0.250. The van der Waals surface area contributed by atoms with Gasteiger partial charge in [0.2, 0.25) is 0 Å². The number of para-hydroxylation sites is 1. The van der Waals surface area contributed by atoms with Crippen LogP contribution < -0.4 is 5.48 Å². The molecular formula is C8H13NO2. The number of hydrogen-bond acceptors (Lipinski definition) is 3. The van der Waals surface area contributed by atoms with E-state index in [-0.39, 0.29) is 0 Å². The largest absolute Gasteiger partial charge is 0.400 e. The van der Waals surface area contributed by atoms with Gasteiger partial charge in [-0.2, -0.15) is 0 Å². The number of aliphatic hydroxyl groups excluding tert-OH is 1. The van der Waals surface area contributed by atoms with Crippen LogP contribution in [0.25, 0.3) is 0 Å². The lowest BCUT2D eigenvalue weighted by Gasteiger charge is -1.99. The van der Waals surface area contributed by atoms with E-state index in [1.54, 1.807) is 0 Å². The molecule has 3 heteroatoms. The summed E-state index contributed by atoms with van der Waals surface area (Å²) in [5.41, 5.74) is 3.90. The zero-order chi connectivity index (χ0) is 8.69. The molecule has 0 aliphatic rings. The lowest BCUT2D eigenvalue weighted by molar-refractivity contribution is 0.388. The van der Waals surface area contributed by atoms with Crippen LogP contribution in [0.4, 0.5) is 5.69 Å². The Kier molecular flexibility index (Phi) is 5.15. The maximum absolute atomic E-state index is 8.47. The van der Waals surface area contributed by atoms with E-state index in [2.05, 4.69) is 5.48 Å². The molecule has 0 aromatic heterocycles. The van der Waals surface area contributed by atoms with Gasteiger partial charge in [-0.25, -0.2) is 0 Å². The topological polar surface area (TPSA) is 52.5 Å². The molecule has 1 rings (SSSR count). The summed E-state index contributed by atoms with van der Waals surface area (Å²) in [7, 11) is 1.00. The van der Waals surface area contributed by atoms with E-state index in [0.29, 0.717) is 0 Å². The third-order valence-corrected chi connectivity index (χ3v) is 1.27. The van der Waals surface area contributed by atoms with Crippen molar-refractivity contribution in [2.75, 3.05) is 12.6 Å². The highest BCUT2D eigenvalue weighted by molar-refractivity contribution is 5.47. The maximum atomic E-state index is 8.47. The first kappa shape index (κ1) is 9.94. The zero-order valence-electron chi connectivity index (χ0n) is 6.70. The van der Waals surface area contributed by atoms with Gasteiger partial charge in [0.15, 0.2) is 0 Å². The number of rotatable bonds is 1. The minimum atomic E-state index is 0.762. The van der Waals surface area contributed by atoms with Gasteiger partial charge < -0.3 is 5.11 Å². The molecule has 0 aliphatic heterocycles. The highest BCUT2D eigenvalue weighted by Gasteiger charge is 1.89.